The van der Waals surface area contributed by atoms with E-state index in [1.807, 2.05) is 0 Å². The number of nitrogens with one attached hydrogen (secondary N) is 1. The van der Waals surface area contributed by atoms with Gasteiger partial charge in [0.1, 0.15) is 18.4 Å². The second kappa shape index (κ2) is 5.55. The molecule has 0 spiro atoms. The molecule has 1 aliphatic rings. The first-order valence-corrected chi connectivity index (χ1v) is 5.14. The first-order valence-electron chi connectivity index (χ1n) is 5.14. The number of nitrogens with two attached hydrogens (primary N) is 1. The number of aliphatic hydroxyl groups is 3. The summed E-state index contributed by atoms with van der Waals surface area (Å²) >= 11 is 0. The van der Waals surface area contributed by atoms with Crippen LogP contribution in [0.25, 0.3) is 0 Å². The van der Waals surface area contributed by atoms with E-state index in [1.54, 1.807) is 0 Å². The molecule has 6 N–H and O–H groups in total. The molecule has 0 bridgehead atoms. The number of rotatable bonds is 3. The molecule has 1 rings (SSSR count). The average Bonchev–Trinajstić information content (AvgIpc) is 2.22. The molecule has 0 aromatic heterocycles. The SMILES string of the molecule is C[C@H](N)C(=O)NC1C[C@@H](O)[C@H](O)[C@@H](CO)O1. The molecule has 0 aromatic rings. The van der Waals surface area contributed by atoms with Crippen molar-refractivity contribution in [3.05, 3.63) is 0 Å². The Kier molecular flexibility index (Phi) is 4.63. The third kappa shape index (κ3) is 3.13. The van der Waals surface area contributed by atoms with Crippen LogP contribution in [0.2, 0.25) is 0 Å². The predicted octanol–water partition coefficient (Wildman–Crippen LogP) is -2.72. The molecular weight excluding hydrogens is 216 g/mol. The van der Waals surface area contributed by atoms with Crippen LogP contribution in [0, 0.1) is 0 Å². The minimum absolute atomic E-state index is 0.0656. The topological polar surface area (TPSA) is 125 Å². The van der Waals surface area contributed by atoms with Crippen molar-refractivity contribution >= 4 is 5.91 Å². The first-order chi connectivity index (χ1) is 7.45. The van der Waals surface area contributed by atoms with Gasteiger partial charge in [0.05, 0.1) is 18.8 Å². The molecule has 94 valence electrons. The van der Waals surface area contributed by atoms with E-state index in [1.165, 1.54) is 6.92 Å². The maximum Gasteiger partial charge on any atom is 0.238 e. The fraction of sp³-hybridized carbons (Fsp3) is 0.889. The highest BCUT2D eigenvalue weighted by molar-refractivity contribution is 5.81. The molecule has 0 aromatic carbocycles. The lowest BCUT2D eigenvalue weighted by Crippen LogP contribution is -2.56. The molecule has 1 aliphatic heterocycles. The third-order valence-electron chi connectivity index (χ3n) is 2.47. The van der Waals surface area contributed by atoms with E-state index >= 15 is 0 Å². The van der Waals surface area contributed by atoms with Crippen molar-refractivity contribution in [3.63, 3.8) is 0 Å². The van der Waals surface area contributed by atoms with Crippen molar-refractivity contribution < 1.29 is 24.9 Å². The van der Waals surface area contributed by atoms with Crippen LogP contribution in [-0.2, 0) is 9.53 Å². The molecule has 1 amide bonds. The molecule has 1 heterocycles. The summed E-state index contributed by atoms with van der Waals surface area (Å²) in [5, 5.41) is 30.3. The van der Waals surface area contributed by atoms with E-state index in [-0.39, 0.29) is 6.42 Å². The second-order valence-electron chi connectivity index (χ2n) is 3.94. The van der Waals surface area contributed by atoms with Crippen LogP contribution in [0.15, 0.2) is 0 Å². The van der Waals surface area contributed by atoms with Gasteiger partial charge in [-0.15, -0.1) is 0 Å². The second-order valence-corrected chi connectivity index (χ2v) is 3.94. The minimum Gasteiger partial charge on any atom is -0.394 e. The van der Waals surface area contributed by atoms with Gasteiger partial charge in [0.15, 0.2) is 0 Å². The van der Waals surface area contributed by atoms with E-state index < -0.39 is 43.1 Å². The van der Waals surface area contributed by atoms with E-state index in [0.717, 1.165) is 0 Å². The van der Waals surface area contributed by atoms with Crippen molar-refractivity contribution in [2.24, 2.45) is 5.73 Å². The van der Waals surface area contributed by atoms with Gasteiger partial charge in [0, 0.05) is 6.42 Å². The molecule has 0 saturated carbocycles. The van der Waals surface area contributed by atoms with E-state index in [9.17, 15) is 15.0 Å². The normalized spacial score (nSPS) is 36.8. The highest BCUT2D eigenvalue weighted by Crippen LogP contribution is 2.18. The molecule has 1 saturated heterocycles. The summed E-state index contributed by atoms with van der Waals surface area (Å²) < 4.78 is 5.19. The van der Waals surface area contributed by atoms with Crippen molar-refractivity contribution in [1.29, 1.82) is 0 Å². The molecule has 7 nitrogen and oxygen atoms in total. The molecule has 7 heteroatoms. The van der Waals surface area contributed by atoms with Crippen molar-refractivity contribution in [1.82, 2.24) is 5.32 Å². The maximum atomic E-state index is 11.3. The van der Waals surface area contributed by atoms with Crippen LogP contribution >= 0.6 is 0 Å². The van der Waals surface area contributed by atoms with E-state index in [4.69, 9.17) is 15.6 Å². The lowest BCUT2D eigenvalue weighted by Gasteiger charge is -2.36. The summed E-state index contributed by atoms with van der Waals surface area (Å²) in [7, 11) is 0. The van der Waals surface area contributed by atoms with Gasteiger partial charge >= 0.3 is 0 Å². The van der Waals surface area contributed by atoms with Crippen LogP contribution in [-0.4, -0.2) is 58.4 Å². The van der Waals surface area contributed by atoms with Crippen molar-refractivity contribution in [3.8, 4) is 0 Å². The Hall–Kier alpha value is -0.730. The standard InChI is InChI=1S/C9H18N2O5/c1-4(10)9(15)11-7-2-5(13)8(14)6(3-12)16-7/h4-8,12-14H,2-3,10H2,1H3,(H,11,15)/t4-,5+,6+,7?,8-/m0/s1. The van der Waals surface area contributed by atoms with E-state index in [0.29, 0.717) is 0 Å². The monoisotopic (exact) mass is 234 g/mol. The quantitative estimate of drug-likeness (QED) is 0.361. The molecule has 1 fully saturated rings. The first kappa shape index (κ1) is 13.3. The smallest absolute Gasteiger partial charge is 0.238 e. The van der Waals surface area contributed by atoms with Crippen LogP contribution in [0.1, 0.15) is 13.3 Å². The van der Waals surface area contributed by atoms with Gasteiger partial charge in [0.2, 0.25) is 5.91 Å². The highest BCUT2D eigenvalue weighted by atomic mass is 16.5. The van der Waals surface area contributed by atoms with Gasteiger partial charge in [0.25, 0.3) is 0 Å². The zero-order valence-corrected chi connectivity index (χ0v) is 9.04. The van der Waals surface area contributed by atoms with Gasteiger partial charge in [-0.2, -0.15) is 0 Å². The Bertz CT molecular complexity index is 248. The van der Waals surface area contributed by atoms with Gasteiger partial charge in [-0.05, 0) is 6.92 Å². The highest BCUT2D eigenvalue weighted by Gasteiger charge is 2.36. The number of carbonyl (C=O) groups is 1. The lowest BCUT2D eigenvalue weighted by atomic mass is 10.0. The molecule has 1 unspecified atom stereocenters. The molecule has 0 radical (unpaired) electrons. The van der Waals surface area contributed by atoms with Gasteiger partial charge in [-0.25, -0.2) is 0 Å². The number of carbonyl (C=O) groups excluding carboxylic acids is 1. The van der Waals surface area contributed by atoms with Crippen molar-refractivity contribution in [2.45, 2.75) is 43.9 Å². The fourth-order valence-corrected chi connectivity index (χ4v) is 1.49. The van der Waals surface area contributed by atoms with Crippen LogP contribution in [0.4, 0.5) is 0 Å². The van der Waals surface area contributed by atoms with Crippen LogP contribution < -0.4 is 11.1 Å². The largest absolute Gasteiger partial charge is 0.394 e. The summed E-state index contributed by atoms with van der Waals surface area (Å²) in [6, 6.07) is -0.680. The Labute approximate surface area is 93.2 Å². The molecule has 0 aliphatic carbocycles. The summed E-state index contributed by atoms with van der Waals surface area (Å²) in [6.07, 6.45) is -3.76. The van der Waals surface area contributed by atoms with E-state index in [2.05, 4.69) is 5.32 Å². The Morgan fingerprint density at radius 2 is 2.25 bits per heavy atom. The Balaban J connectivity index is 2.53. The third-order valence-corrected chi connectivity index (χ3v) is 2.47. The van der Waals surface area contributed by atoms with Crippen LogP contribution in [0.5, 0.6) is 0 Å². The zero-order chi connectivity index (χ0) is 12.3. The maximum absolute atomic E-state index is 11.3. The molecule has 5 atom stereocenters. The minimum atomic E-state index is -1.14. The predicted molar refractivity (Wildman–Crippen MR) is 54.2 cm³/mol. The zero-order valence-electron chi connectivity index (χ0n) is 9.04. The summed E-state index contributed by atoms with van der Waals surface area (Å²) in [4.78, 5) is 11.3. The lowest BCUT2D eigenvalue weighted by molar-refractivity contribution is -0.188. The molecular formula is C9H18N2O5. The van der Waals surface area contributed by atoms with Gasteiger partial charge < -0.3 is 31.1 Å². The average molecular weight is 234 g/mol. The number of ether oxygens (including phenoxy) is 1. The number of aliphatic hydroxyl groups excluding tert-OH is 3. The summed E-state index contributed by atoms with van der Waals surface area (Å²) in [5.41, 5.74) is 5.35. The van der Waals surface area contributed by atoms with Crippen LogP contribution in [0.3, 0.4) is 0 Å². The number of amides is 1. The Morgan fingerprint density at radius 3 is 2.75 bits per heavy atom. The fourth-order valence-electron chi connectivity index (χ4n) is 1.49. The molecule has 16 heavy (non-hydrogen) atoms. The number of hydrogen-bond donors (Lipinski definition) is 5. The van der Waals surface area contributed by atoms with Crippen molar-refractivity contribution in [2.75, 3.05) is 6.61 Å². The Morgan fingerprint density at radius 1 is 1.62 bits per heavy atom. The summed E-state index contributed by atoms with van der Waals surface area (Å²) in [5.74, 6) is -0.412. The summed E-state index contributed by atoms with van der Waals surface area (Å²) in [6.45, 7) is 1.09. The van der Waals surface area contributed by atoms with Gasteiger partial charge in [-0.1, -0.05) is 0 Å². The van der Waals surface area contributed by atoms with Gasteiger partial charge in [-0.3, -0.25) is 4.79 Å². The number of hydrogen-bond acceptors (Lipinski definition) is 6.